The Kier molecular flexibility index (Phi) is 2.84. The third kappa shape index (κ3) is 3.30. The zero-order valence-electron chi connectivity index (χ0n) is 3.28. The highest BCUT2D eigenvalue weighted by Crippen LogP contribution is 1.50. The van der Waals surface area contributed by atoms with Gasteiger partial charge in [-0.15, -0.1) is 0 Å². The highest BCUT2D eigenvalue weighted by Gasteiger charge is 1.29. The van der Waals surface area contributed by atoms with Gasteiger partial charge < -0.3 is 0 Å². The van der Waals surface area contributed by atoms with E-state index in [0.29, 0.717) is 0 Å². The number of hydrogen-bond acceptors (Lipinski definition) is 0. The molecule has 0 amide bonds. The Hall–Kier alpha value is -0.700. The van der Waals surface area contributed by atoms with Gasteiger partial charge in [0.25, 0.3) is 0 Å². The first-order valence-electron chi connectivity index (χ1n) is 1.47. The molecule has 0 aliphatic carbocycles. The van der Waals surface area contributed by atoms with Crippen LogP contribution >= 0.6 is 0 Å². The molecule has 0 saturated carbocycles. The molecule has 0 atom stereocenters. The third-order valence-corrected chi connectivity index (χ3v) is 0.246. The minimum atomic E-state index is 1.76. The summed E-state index contributed by atoms with van der Waals surface area (Å²) in [5.41, 5.74) is 5.09. The minimum absolute atomic E-state index is 1.76. The first-order valence-corrected chi connectivity index (χ1v) is 1.47. The normalized spacial score (nSPS) is 4.20. The van der Waals surface area contributed by atoms with Gasteiger partial charge in [0, 0.05) is 0 Å². The van der Waals surface area contributed by atoms with Crippen molar-refractivity contribution in [1.29, 1.82) is 0 Å². The number of hydrogen-bond donors (Lipinski definition) is 0. The zero-order valence-corrected chi connectivity index (χ0v) is 3.28. The average Bonchev–Trinajstić information content (AvgIpc) is 1.41. The molecule has 0 heterocycles. The van der Waals surface area contributed by atoms with Gasteiger partial charge in [-0.2, -0.15) is 0 Å². The van der Waals surface area contributed by atoms with Gasteiger partial charge in [-0.1, -0.05) is 11.5 Å². The predicted molar refractivity (Wildman–Crippen MR) is 22.9 cm³/mol. The molecule has 0 aromatic heterocycles. The quantitative estimate of drug-likeness (QED) is 0.376. The molecular weight excluding hydrogens is 60.1 g/mol. The Morgan fingerprint density at radius 2 is 2.40 bits per heavy atom. The van der Waals surface area contributed by atoms with E-state index in [0.717, 1.165) is 0 Å². The van der Waals surface area contributed by atoms with Gasteiger partial charge in [0.05, 0.1) is 0 Å². The van der Waals surface area contributed by atoms with E-state index in [-0.39, 0.29) is 0 Å². The van der Waals surface area contributed by atoms with Gasteiger partial charge in [0.2, 0.25) is 0 Å². The summed E-state index contributed by atoms with van der Waals surface area (Å²) >= 11 is 0. The SMILES string of the molecule is C=C=C=CC. The van der Waals surface area contributed by atoms with Crippen LogP contribution in [0, 0.1) is 0 Å². The Morgan fingerprint density at radius 1 is 1.80 bits per heavy atom. The molecule has 0 aromatic carbocycles. The van der Waals surface area contributed by atoms with Crippen LogP contribution in [0.5, 0.6) is 0 Å². The van der Waals surface area contributed by atoms with E-state index in [1.54, 1.807) is 6.08 Å². The molecule has 5 heavy (non-hydrogen) atoms. The van der Waals surface area contributed by atoms with Crippen LogP contribution in [0.2, 0.25) is 0 Å². The summed E-state index contributed by atoms with van der Waals surface area (Å²) < 4.78 is 0. The van der Waals surface area contributed by atoms with Gasteiger partial charge in [-0.05, 0) is 19.6 Å². The minimum Gasteiger partial charge on any atom is -0.0785 e. The van der Waals surface area contributed by atoms with Crippen molar-refractivity contribution in [1.82, 2.24) is 0 Å². The second kappa shape index (κ2) is 3.30. The molecule has 0 spiro atoms. The van der Waals surface area contributed by atoms with Crippen molar-refractivity contribution in [3.63, 3.8) is 0 Å². The summed E-state index contributed by atoms with van der Waals surface area (Å²) in [7, 11) is 0. The fourth-order valence-corrected chi connectivity index (χ4v) is 0.102. The maximum Gasteiger partial charge on any atom is -0.0370 e. The van der Waals surface area contributed by atoms with Crippen molar-refractivity contribution in [2.75, 3.05) is 0 Å². The zero-order chi connectivity index (χ0) is 4.12. The van der Waals surface area contributed by atoms with E-state index in [1.165, 1.54) is 0 Å². The summed E-state index contributed by atoms with van der Waals surface area (Å²) in [5, 5.41) is 0. The van der Waals surface area contributed by atoms with Gasteiger partial charge >= 0.3 is 0 Å². The van der Waals surface area contributed by atoms with Crippen molar-refractivity contribution in [3.05, 3.63) is 24.1 Å². The van der Waals surface area contributed by atoms with E-state index < -0.39 is 0 Å². The van der Waals surface area contributed by atoms with Gasteiger partial charge in [-0.3, -0.25) is 0 Å². The molecule has 0 nitrogen and oxygen atoms in total. The molecule has 0 saturated heterocycles. The van der Waals surface area contributed by atoms with Crippen LogP contribution in [0.3, 0.4) is 0 Å². The molecule has 0 bridgehead atoms. The monoisotopic (exact) mass is 66.0 g/mol. The number of rotatable bonds is 0. The first-order chi connectivity index (χ1) is 2.41. The van der Waals surface area contributed by atoms with Crippen molar-refractivity contribution >= 4 is 0 Å². The third-order valence-electron chi connectivity index (χ3n) is 0.246. The average molecular weight is 66.1 g/mol. The molecule has 26 valence electrons. The molecule has 0 rings (SSSR count). The summed E-state index contributed by atoms with van der Waals surface area (Å²) in [6, 6.07) is 0. The molecule has 0 radical (unpaired) electrons. The van der Waals surface area contributed by atoms with E-state index in [1.807, 2.05) is 6.92 Å². The largest absolute Gasteiger partial charge is 0.0785 e. The molecule has 0 heteroatoms. The molecule has 0 aliphatic rings. The Morgan fingerprint density at radius 3 is 2.40 bits per heavy atom. The lowest BCUT2D eigenvalue weighted by atomic mass is 10.7. The second-order valence-corrected chi connectivity index (χ2v) is 0.610. The van der Waals surface area contributed by atoms with E-state index in [2.05, 4.69) is 18.0 Å². The molecule has 0 aromatic rings. The Bertz CT molecular complexity index is 78.2. The van der Waals surface area contributed by atoms with Crippen LogP contribution in [-0.4, -0.2) is 0 Å². The Balaban J connectivity index is 3.75. The molecule has 0 fully saturated rings. The highest BCUT2D eigenvalue weighted by molar-refractivity contribution is 4.75. The van der Waals surface area contributed by atoms with E-state index in [9.17, 15) is 0 Å². The molecule has 0 aliphatic heterocycles. The predicted octanol–water partition coefficient (Wildman–Crippen LogP) is 1.50. The lowest BCUT2D eigenvalue weighted by Gasteiger charge is -1.40. The maximum absolute atomic E-state index is 3.28. The topological polar surface area (TPSA) is 0 Å². The molecule has 0 unspecified atom stereocenters. The standard InChI is InChI=1S/C5H6/c1-3-5-4-2/h4H,1H2,2H3. The lowest BCUT2D eigenvalue weighted by Crippen LogP contribution is -1.19. The van der Waals surface area contributed by atoms with E-state index >= 15 is 0 Å². The summed E-state index contributed by atoms with van der Waals surface area (Å²) in [4.78, 5) is 0. The van der Waals surface area contributed by atoms with Gasteiger partial charge in [0.1, 0.15) is 0 Å². The van der Waals surface area contributed by atoms with Crippen molar-refractivity contribution in [3.8, 4) is 0 Å². The number of allylic oxidation sites excluding steroid dienone is 1. The maximum atomic E-state index is 3.28. The summed E-state index contributed by atoms with van der Waals surface area (Å²) in [5.74, 6) is 0. The fraction of sp³-hybridized carbons (Fsp3) is 0.200. The van der Waals surface area contributed by atoms with Gasteiger partial charge in [-0.25, -0.2) is 0 Å². The molecule has 0 N–H and O–H groups in total. The van der Waals surface area contributed by atoms with Gasteiger partial charge in [0.15, 0.2) is 0 Å². The smallest absolute Gasteiger partial charge is 0.0370 e. The van der Waals surface area contributed by atoms with Crippen LogP contribution in [-0.2, 0) is 0 Å². The second-order valence-electron chi connectivity index (χ2n) is 0.610. The van der Waals surface area contributed by atoms with Crippen LogP contribution in [0.4, 0.5) is 0 Å². The highest BCUT2D eigenvalue weighted by atomic mass is 13.4. The van der Waals surface area contributed by atoms with Crippen molar-refractivity contribution < 1.29 is 0 Å². The Labute approximate surface area is 32.1 Å². The first kappa shape index (κ1) is 4.30. The summed E-state index contributed by atoms with van der Waals surface area (Å²) in [6.45, 7) is 5.16. The van der Waals surface area contributed by atoms with Crippen molar-refractivity contribution in [2.24, 2.45) is 0 Å². The van der Waals surface area contributed by atoms with Crippen LogP contribution in [0.15, 0.2) is 24.1 Å². The van der Waals surface area contributed by atoms with Crippen LogP contribution in [0.1, 0.15) is 6.92 Å². The fourth-order valence-electron chi connectivity index (χ4n) is 0.102. The van der Waals surface area contributed by atoms with E-state index in [4.69, 9.17) is 0 Å². The van der Waals surface area contributed by atoms with Crippen LogP contribution < -0.4 is 0 Å². The van der Waals surface area contributed by atoms with Crippen molar-refractivity contribution in [2.45, 2.75) is 6.92 Å². The lowest BCUT2D eigenvalue weighted by molar-refractivity contribution is 1.78. The molecular formula is C5H6. The van der Waals surface area contributed by atoms with Crippen LogP contribution in [0.25, 0.3) is 0 Å². The summed E-state index contributed by atoms with van der Waals surface area (Å²) in [6.07, 6.45) is 1.76.